The number of aliphatic imine (C=N–C) groups is 1. The highest BCUT2D eigenvalue weighted by molar-refractivity contribution is 7.11. The molecular weight excluding hydrogens is 349 g/mol. The number of benzene rings is 1. The lowest BCUT2D eigenvalue weighted by Gasteiger charge is -2.11. The van der Waals surface area contributed by atoms with Crippen LogP contribution >= 0.6 is 11.3 Å². The zero-order valence-corrected chi connectivity index (χ0v) is 15.2. The van der Waals surface area contributed by atoms with Crippen molar-refractivity contribution in [2.75, 3.05) is 6.54 Å². The van der Waals surface area contributed by atoms with E-state index in [1.165, 1.54) is 12.1 Å². The van der Waals surface area contributed by atoms with Gasteiger partial charge in [0.05, 0.1) is 29.4 Å². The molecule has 0 saturated carbocycles. The largest absolute Gasteiger partial charge is 0.416 e. The van der Waals surface area contributed by atoms with Crippen LogP contribution in [0.4, 0.5) is 13.2 Å². The fraction of sp³-hybridized carbons (Fsp3) is 0.412. The summed E-state index contributed by atoms with van der Waals surface area (Å²) >= 11 is 1.63. The van der Waals surface area contributed by atoms with Crippen LogP contribution in [-0.2, 0) is 19.3 Å². The third-order valence-corrected chi connectivity index (χ3v) is 4.53. The predicted molar refractivity (Wildman–Crippen MR) is 94.7 cm³/mol. The van der Waals surface area contributed by atoms with Gasteiger partial charge in [0.2, 0.25) is 0 Å². The maximum Gasteiger partial charge on any atom is 0.416 e. The van der Waals surface area contributed by atoms with Gasteiger partial charge in [0, 0.05) is 11.4 Å². The van der Waals surface area contributed by atoms with Gasteiger partial charge in [-0.1, -0.05) is 12.1 Å². The maximum atomic E-state index is 12.6. The second-order valence-corrected chi connectivity index (χ2v) is 6.77. The van der Waals surface area contributed by atoms with Gasteiger partial charge in [0.15, 0.2) is 5.96 Å². The van der Waals surface area contributed by atoms with E-state index in [0.717, 1.165) is 33.3 Å². The Hall–Kier alpha value is -2.09. The van der Waals surface area contributed by atoms with Crippen LogP contribution in [0.15, 0.2) is 29.3 Å². The standard InChI is InChI=1S/C17H21F3N4S/c1-4-21-16(23-10-15-11(2)24-12(3)25-15)22-9-13-5-7-14(8-6-13)17(18,19)20/h5-8H,4,9-10H2,1-3H3,(H2,21,22,23). The van der Waals surface area contributed by atoms with Gasteiger partial charge in [-0.15, -0.1) is 11.3 Å². The van der Waals surface area contributed by atoms with E-state index in [1.807, 2.05) is 20.8 Å². The second kappa shape index (κ2) is 8.33. The highest BCUT2D eigenvalue weighted by Crippen LogP contribution is 2.29. The van der Waals surface area contributed by atoms with Crippen LogP contribution in [0.1, 0.15) is 33.6 Å². The molecule has 0 amide bonds. The lowest BCUT2D eigenvalue weighted by Crippen LogP contribution is -2.36. The highest BCUT2D eigenvalue weighted by atomic mass is 32.1. The Bertz CT molecular complexity index is 720. The monoisotopic (exact) mass is 370 g/mol. The minimum atomic E-state index is -4.32. The minimum Gasteiger partial charge on any atom is -0.357 e. The molecule has 25 heavy (non-hydrogen) atoms. The molecule has 1 aromatic heterocycles. The first-order valence-corrected chi connectivity index (χ1v) is 8.72. The molecule has 0 aliphatic rings. The molecule has 0 fully saturated rings. The Morgan fingerprint density at radius 1 is 1.16 bits per heavy atom. The van der Waals surface area contributed by atoms with Gasteiger partial charge >= 0.3 is 6.18 Å². The van der Waals surface area contributed by atoms with Crippen molar-refractivity contribution >= 4 is 17.3 Å². The summed E-state index contributed by atoms with van der Waals surface area (Å²) in [5, 5.41) is 7.37. The molecule has 2 aromatic rings. The number of hydrogen-bond donors (Lipinski definition) is 2. The van der Waals surface area contributed by atoms with Gasteiger partial charge in [-0.3, -0.25) is 0 Å². The molecule has 0 atom stereocenters. The quantitative estimate of drug-likeness (QED) is 0.617. The molecule has 0 saturated heterocycles. The number of thiazole rings is 1. The summed E-state index contributed by atoms with van der Waals surface area (Å²) in [6.45, 7) is 7.49. The molecule has 0 aliphatic heterocycles. The number of rotatable bonds is 5. The lowest BCUT2D eigenvalue weighted by atomic mass is 10.1. The van der Waals surface area contributed by atoms with Gasteiger partial charge in [0.25, 0.3) is 0 Å². The summed E-state index contributed by atoms with van der Waals surface area (Å²) in [6, 6.07) is 5.06. The van der Waals surface area contributed by atoms with Crippen LogP contribution in [0.2, 0.25) is 0 Å². The average molecular weight is 370 g/mol. The number of alkyl halides is 3. The van der Waals surface area contributed by atoms with E-state index < -0.39 is 11.7 Å². The molecule has 0 radical (unpaired) electrons. The van der Waals surface area contributed by atoms with Crippen LogP contribution in [0, 0.1) is 13.8 Å². The molecule has 0 unspecified atom stereocenters. The number of nitrogens with zero attached hydrogens (tertiary/aromatic N) is 2. The molecule has 0 bridgehead atoms. The highest BCUT2D eigenvalue weighted by Gasteiger charge is 2.29. The molecule has 2 N–H and O–H groups in total. The van der Waals surface area contributed by atoms with Crippen LogP contribution in [0.25, 0.3) is 0 Å². The number of guanidine groups is 1. The van der Waals surface area contributed by atoms with Gasteiger partial charge in [-0.05, 0) is 38.5 Å². The number of hydrogen-bond acceptors (Lipinski definition) is 3. The van der Waals surface area contributed by atoms with Crippen LogP contribution in [-0.4, -0.2) is 17.5 Å². The molecule has 0 spiro atoms. The van der Waals surface area contributed by atoms with E-state index >= 15 is 0 Å². The normalized spacial score (nSPS) is 12.3. The summed E-state index contributed by atoms with van der Waals surface area (Å²) in [7, 11) is 0. The van der Waals surface area contributed by atoms with Gasteiger partial charge in [0.1, 0.15) is 0 Å². The van der Waals surface area contributed by atoms with Gasteiger partial charge in [-0.25, -0.2) is 9.98 Å². The fourth-order valence-electron chi connectivity index (χ4n) is 2.21. The van der Waals surface area contributed by atoms with E-state index in [-0.39, 0.29) is 0 Å². The third-order valence-electron chi connectivity index (χ3n) is 3.46. The first-order valence-electron chi connectivity index (χ1n) is 7.90. The number of aromatic nitrogens is 1. The third kappa shape index (κ3) is 5.74. The molecule has 4 nitrogen and oxygen atoms in total. The first kappa shape index (κ1) is 19.2. The Morgan fingerprint density at radius 2 is 1.84 bits per heavy atom. The van der Waals surface area contributed by atoms with Crippen molar-refractivity contribution in [3.05, 3.63) is 51.0 Å². The van der Waals surface area contributed by atoms with Crippen LogP contribution < -0.4 is 10.6 Å². The van der Waals surface area contributed by atoms with Crippen molar-refractivity contribution in [3.8, 4) is 0 Å². The molecule has 8 heteroatoms. The van der Waals surface area contributed by atoms with Gasteiger partial charge in [-0.2, -0.15) is 13.2 Å². The van der Waals surface area contributed by atoms with Crippen LogP contribution in [0.5, 0.6) is 0 Å². The van der Waals surface area contributed by atoms with E-state index in [1.54, 1.807) is 11.3 Å². The van der Waals surface area contributed by atoms with E-state index in [0.29, 0.717) is 25.6 Å². The van der Waals surface area contributed by atoms with Crippen LogP contribution in [0.3, 0.4) is 0 Å². The smallest absolute Gasteiger partial charge is 0.357 e. The SMILES string of the molecule is CCNC(=NCc1ccc(C(F)(F)F)cc1)NCc1sc(C)nc1C. The molecule has 2 rings (SSSR count). The second-order valence-electron chi connectivity index (χ2n) is 5.48. The molecule has 1 aromatic carbocycles. The first-order chi connectivity index (χ1) is 11.8. The van der Waals surface area contributed by atoms with Crippen molar-refractivity contribution < 1.29 is 13.2 Å². The maximum absolute atomic E-state index is 12.6. The number of aryl methyl sites for hydroxylation is 2. The topological polar surface area (TPSA) is 49.3 Å². The number of nitrogens with one attached hydrogen (secondary N) is 2. The average Bonchev–Trinajstić information content (AvgIpc) is 2.87. The molecule has 136 valence electrons. The zero-order chi connectivity index (χ0) is 18.4. The summed E-state index contributed by atoms with van der Waals surface area (Å²) in [6.07, 6.45) is -4.32. The summed E-state index contributed by atoms with van der Waals surface area (Å²) in [4.78, 5) is 9.94. The summed E-state index contributed by atoms with van der Waals surface area (Å²) in [5.74, 6) is 0.618. The zero-order valence-electron chi connectivity index (χ0n) is 14.4. The molecule has 0 aliphatic carbocycles. The Morgan fingerprint density at radius 3 is 2.36 bits per heavy atom. The minimum absolute atomic E-state index is 0.300. The predicted octanol–water partition coefficient (Wildman–Crippen LogP) is 4.03. The Balaban J connectivity index is 2.00. The Kier molecular flexibility index (Phi) is 6.41. The van der Waals surface area contributed by atoms with Crippen molar-refractivity contribution in [2.24, 2.45) is 4.99 Å². The lowest BCUT2D eigenvalue weighted by molar-refractivity contribution is -0.137. The summed E-state index contributed by atoms with van der Waals surface area (Å²) in [5.41, 5.74) is 1.06. The molecule has 1 heterocycles. The summed E-state index contributed by atoms with van der Waals surface area (Å²) < 4.78 is 37.7. The number of halogens is 3. The van der Waals surface area contributed by atoms with Crippen molar-refractivity contribution in [1.29, 1.82) is 0 Å². The van der Waals surface area contributed by atoms with E-state index in [4.69, 9.17) is 0 Å². The fourth-order valence-corrected chi connectivity index (χ4v) is 3.09. The van der Waals surface area contributed by atoms with Crippen molar-refractivity contribution in [3.63, 3.8) is 0 Å². The van der Waals surface area contributed by atoms with E-state index in [9.17, 15) is 13.2 Å². The van der Waals surface area contributed by atoms with Crippen molar-refractivity contribution in [2.45, 2.75) is 40.0 Å². The van der Waals surface area contributed by atoms with Gasteiger partial charge < -0.3 is 10.6 Å². The van der Waals surface area contributed by atoms with E-state index in [2.05, 4.69) is 20.6 Å². The van der Waals surface area contributed by atoms with Crippen molar-refractivity contribution in [1.82, 2.24) is 15.6 Å². The molecular formula is C17H21F3N4S. The Labute approximate surface area is 149 Å².